The number of anilines is 3. The number of pyridine rings is 1. The van der Waals surface area contributed by atoms with Gasteiger partial charge in [-0.2, -0.15) is 0 Å². The molecule has 0 saturated heterocycles. The van der Waals surface area contributed by atoms with Crippen LogP contribution in [0.1, 0.15) is 44.6 Å². The van der Waals surface area contributed by atoms with Crippen LogP contribution in [0.25, 0.3) is 0 Å². The van der Waals surface area contributed by atoms with Crippen LogP contribution in [0.2, 0.25) is 0 Å². The molecule has 1 aromatic carbocycles. The third-order valence-electron chi connectivity index (χ3n) is 4.60. The summed E-state index contributed by atoms with van der Waals surface area (Å²) in [5, 5.41) is 9.16. The van der Waals surface area contributed by atoms with E-state index in [0.29, 0.717) is 11.7 Å². The van der Waals surface area contributed by atoms with Crippen molar-refractivity contribution in [2.45, 2.75) is 51.5 Å². The third kappa shape index (κ3) is 5.21. The number of urea groups is 1. The molecule has 1 heterocycles. The van der Waals surface area contributed by atoms with Crippen LogP contribution in [0, 0.1) is 0 Å². The Morgan fingerprint density at radius 3 is 2.40 bits per heavy atom. The zero-order valence-corrected chi connectivity index (χ0v) is 14.7. The van der Waals surface area contributed by atoms with E-state index in [-0.39, 0.29) is 6.03 Å². The summed E-state index contributed by atoms with van der Waals surface area (Å²) in [6.07, 6.45) is 8.53. The maximum atomic E-state index is 12.1. The fourth-order valence-electron chi connectivity index (χ4n) is 3.11. The van der Waals surface area contributed by atoms with Gasteiger partial charge in [0.25, 0.3) is 0 Å². The van der Waals surface area contributed by atoms with Gasteiger partial charge in [0, 0.05) is 11.7 Å². The SMILES string of the molecule is CCc1ccc(Nc2ccc(NC(=O)NC3CCCCC3)cn2)cc1. The monoisotopic (exact) mass is 338 g/mol. The van der Waals surface area contributed by atoms with Crippen LogP contribution in [0.5, 0.6) is 0 Å². The molecule has 1 aliphatic carbocycles. The summed E-state index contributed by atoms with van der Waals surface area (Å²) in [5.41, 5.74) is 3.00. The standard InChI is InChI=1S/C20H26N4O/c1-2-15-8-10-17(11-9-15)22-19-13-12-18(14-21-19)24-20(25)23-16-6-4-3-5-7-16/h8-14,16H,2-7H2,1H3,(H,21,22)(H2,23,24,25). The average molecular weight is 338 g/mol. The minimum absolute atomic E-state index is 0.149. The zero-order chi connectivity index (χ0) is 17.5. The normalized spacial score (nSPS) is 14.8. The van der Waals surface area contributed by atoms with Gasteiger partial charge in [-0.15, -0.1) is 0 Å². The first-order valence-electron chi connectivity index (χ1n) is 9.12. The van der Waals surface area contributed by atoms with Crippen molar-refractivity contribution in [3.05, 3.63) is 48.2 Å². The van der Waals surface area contributed by atoms with Gasteiger partial charge in [0.05, 0.1) is 11.9 Å². The van der Waals surface area contributed by atoms with E-state index in [0.717, 1.165) is 30.8 Å². The molecule has 25 heavy (non-hydrogen) atoms. The number of hydrogen-bond donors (Lipinski definition) is 3. The van der Waals surface area contributed by atoms with Gasteiger partial charge in [0.2, 0.25) is 0 Å². The summed E-state index contributed by atoms with van der Waals surface area (Å²) in [6, 6.07) is 12.2. The summed E-state index contributed by atoms with van der Waals surface area (Å²) < 4.78 is 0. The lowest BCUT2D eigenvalue weighted by Crippen LogP contribution is -2.39. The number of benzene rings is 1. The zero-order valence-electron chi connectivity index (χ0n) is 14.7. The molecular formula is C20H26N4O. The van der Waals surface area contributed by atoms with E-state index >= 15 is 0 Å². The van der Waals surface area contributed by atoms with Crippen LogP contribution in [0.3, 0.4) is 0 Å². The van der Waals surface area contributed by atoms with E-state index in [2.05, 4.69) is 40.0 Å². The Bertz CT molecular complexity index is 676. The van der Waals surface area contributed by atoms with Crippen LogP contribution in [0.15, 0.2) is 42.6 Å². The van der Waals surface area contributed by atoms with Gasteiger partial charge in [0.1, 0.15) is 5.82 Å². The Morgan fingerprint density at radius 2 is 1.76 bits per heavy atom. The highest BCUT2D eigenvalue weighted by molar-refractivity contribution is 5.89. The molecular weight excluding hydrogens is 312 g/mol. The molecule has 1 aromatic heterocycles. The summed E-state index contributed by atoms with van der Waals surface area (Å²) in [4.78, 5) is 16.4. The van der Waals surface area contributed by atoms with Gasteiger partial charge in [-0.05, 0) is 49.1 Å². The van der Waals surface area contributed by atoms with E-state index < -0.39 is 0 Å². The smallest absolute Gasteiger partial charge is 0.319 e. The summed E-state index contributed by atoms with van der Waals surface area (Å²) in [5.74, 6) is 0.752. The number of hydrogen-bond acceptors (Lipinski definition) is 3. The topological polar surface area (TPSA) is 66.0 Å². The maximum absolute atomic E-state index is 12.1. The van der Waals surface area contributed by atoms with Crippen molar-refractivity contribution in [2.24, 2.45) is 0 Å². The first-order valence-corrected chi connectivity index (χ1v) is 9.12. The molecule has 0 aliphatic heterocycles. The van der Waals surface area contributed by atoms with Gasteiger partial charge in [-0.25, -0.2) is 9.78 Å². The highest BCUT2D eigenvalue weighted by Crippen LogP contribution is 2.19. The molecule has 3 rings (SSSR count). The summed E-state index contributed by atoms with van der Waals surface area (Å²) in [6.45, 7) is 2.14. The third-order valence-corrected chi connectivity index (χ3v) is 4.60. The number of rotatable bonds is 5. The molecule has 0 bridgehead atoms. The number of aryl methyl sites for hydroxylation is 1. The van der Waals surface area contributed by atoms with Crippen LogP contribution in [-0.2, 0) is 6.42 Å². The lowest BCUT2D eigenvalue weighted by molar-refractivity contribution is 0.244. The minimum atomic E-state index is -0.149. The lowest BCUT2D eigenvalue weighted by atomic mass is 9.96. The van der Waals surface area contributed by atoms with Crippen molar-refractivity contribution in [2.75, 3.05) is 10.6 Å². The second-order valence-corrected chi connectivity index (χ2v) is 6.54. The number of nitrogens with zero attached hydrogens (tertiary/aromatic N) is 1. The molecule has 0 atom stereocenters. The van der Waals surface area contributed by atoms with E-state index in [9.17, 15) is 4.79 Å². The molecule has 132 valence electrons. The van der Waals surface area contributed by atoms with Crippen LogP contribution in [0.4, 0.5) is 22.0 Å². The maximum Gasteiger partial charge on any atom is 0.319 e. The number of amides is 2. The molecule has 5 heteroatoms. The van der Waals surface area contributed by atoms with Crippen molar-refractivity contribution in [3.8, 4) is 0 Å². The van der Waals surface area contributed by atoms with Crippen molar-refractivity contribution in [1.82, 2.24) is 10.3 Å². The van der Waals surface area contributed by atoms with Gasteiger partial charge in [0.15, 0.2) is 0 Å². The Labute approximate surface area is 149 Å². The predicted octanol–water partition coefficient (Wildman–Crippen LogP) is 4.84. The van der Waals surface area contributed by atoms with E-state index in [1.54, 1.807) is 6.20 Å². The highest BCUT2D eigenvalue weighted by atomic mass is 16.2. The molecule has 3 N–H and O–H groups in total. The quantitative estimate of drug-likeness (QED) is 0.730. The van der Waals surface area contributed by atoms with Crippen molar-refractivity contribution in [1.29, 1.82) is 0 Å². The summed E-state index contributed by atoms with van der Waals surface area (Å²) in [7, 11) is 0. The lowest BCUT2D eigenvalue weighted by Gasteiger charge is -2.22. The molecule has 1 fully saturated rings. The summed E-state index contributed by atoms with van der Waals surface area (Å²) >= 11 is 0. The predicted molar refractivity (Wildman–Crippen MR) is 102 cm³/mol. The largest absolute Gasteiger partial charge is 0.340 e. The van der Waals surface area contributed by atoms with E-state index in [1.165, 1.54) is 24.8 Å². The first kappa shape index (κ1) is 17.3. The molecule has 2 amide bonds. The minimum Gasteiger partial charge on any atom is -0.340 e. The number of carbonyl (C=O) groups excluding carboxylic acids is 1. The fraction of sp³-hybridized carbons (Fsp3) is 0.400. The Kier molecular flexibility index (Phi) is 5.88. The van der Waals surface area contributed by atoms with Gasteiger partial charge < -0.3 is 16.0 Å². The Balaban J connectivity index is 1.51. The Hall–Kier alpha value is -2.56. The van der Waals surface area contributed by atoms with Crippen LogP contribution in [-0.4, -0.2) is 17.1 Å². The molecule has 0 unspecified atom stereocenters. The van der Waals surface area contributed by atoms with Gasteiger partial charge in [-0.3, -0.25) is 0 Å². The van der Waals surface area contributed by atoms with Crippen LogP contribution >= 0.6 is 0 Å². The van der Waals surface area contributed by atoms with Gasteiger partial charge in [-0.1, -0.05) is 38.3 Å². The number of carbonyl (C=O) groups is 1. The van der Waals surface area contributed by atoms with E-state index in [4.69, 9.17) is 0 Å². The first-order chi connectivity index (χ1) is 12.2. The second kappa shape index (κ2) is 8.51. The average Bonchev–Trinajstić information content (AvgIpc) is 2.65. The molecule has 2 aromatic rings. The van der Waals surface area contributed by atoms with Crippen molar-refractivity contribution in [3.63, 3.8) is 0 Å². The van der Waals surface area contributed by atoms with Crippen molar-refractivity contribution < 1.29 is 4.79 Å². The molecule has 5 nitrogen and oxygen atoms in total. The van der Waals surface area contributed by atoms with Crippen LogP contribution < -0.4 is 16.0 Å². The highest BCUT2D eigenvalue weighted by Gasteiger charge is 2.15. The number of nitrogens with one attached hydrogen (secondary N) is 3. The van der Waals surface area contributed by atoms with Crippen molar-refractivity contribution >= 4 is 23.2 Å². The molecule has 1 saturated carbocycles. The molecule has 0 spiro atoms. The molecule has 0 radical (unpaired) electrons. The Morgan fingerprint density at radius 1 is 1.04 bits per heavy atom. The van der Waals surface area contributed by atoms with Gasteiger partial charge >= 0.3 is 6.03 Å². The second-order valence-electron chi connectivity index (χ2n) is 6.54. The molecule has 1 aliphatic rings. The van der Waals surface area contributed by atoms with E-state index in [1.807, 2.05) is 24.3 Å². The fourth-order valence-corrected chi connectivity index (χ4v) is 3.11. The number of aromatic nitrogens is 1.